The molecule has 0 aliphatic carbocycles. The Labute approximate surface area is 139 Å². The maximum Gasteiger partial charge on any atom is 0.306 e. The molecule has 0 saturated heterocycles. The molecule has 2 aromatic rings. The van der Waals surface area contributed by atoms with Gasteiger partial charge in [0.25, 0.3) is 5.91 Å². The number of anilines is 1. The summed E-state index contributed by atoms with van der Waals surface area (Å²) >= 11 is 0. The molecular weight excluding hydrogens is 315 g/mol. The normalized spacial score (nSPS) is 11.8. The number of aromatic nitrogens is 1. The van der Waals surface area contributed by atoms with Crippen molar-refractivity contribution in [2.45, 2.75) is 39.7 Å². The molecular formula is C17H19FN2O4. The number of amides is 1. The molecule has 0 saturated carbocycles. The lowest BCUT2D eigenvalue weighted by molar-refractivity contribution is -0.153. The lowest BCUT2D eigenvalue weighted by atomic mass is 10.1. The molecule has 0 fully saturated rings. The van der Waals surface area contributed by atoms with Gasteiger partial charge in [0, 0.05) is 17.7 Å². The smallest absolute Gasteiger partial charge is 0.306 e. The Morgan fingerprint density at radius 2 is 1.96 bits per heavy atom. The number of carbonyl (C=O) groups excluding carboxylic acids is 2. The number of halogens is 1. The quantitative estimate of drug-likeness (QED) is 0.822. The summed E-state index contributed by atoms with van der Waals surface area (Å²) in [6.45, 7) is 5.06. The van der Waals surface area contributed by atoms with E-state index in [-0.39, 0.29) is 6.42 Å². The van der Waals surface area contributed by atoms with Crippen LogP contribution in [0.5, 0.6) is 0 Å². The zero-order valence-corrected chi connectivity index (χ0v) is 13.8. The summed E-state index contributed by atoms with van der Waals surface area (Å²) in [4.78, 5) is 23.8. The number of nitrogens with zero attached hydrogens (tertiary/aromatic N) is 1. The van der Waals surface area contributed by atoms with Crippen molar-refractivity contribution in [3.05, 3.63) is 47.1 Å². The van der Waals surface area contributed by atoms with Gasteiger partial charge in [0.05, 0.1) is 5.69 Å². The van der Waals surface area contributed by atoms with Crippen LogP contribution in [0.3, 0.4) is 0 Å². The Bertz CT molecular complexity index is 705. The predicted molar refractivity (Wildman–Crippen MR) is 84.9 cm³/mol. The highest BCUT2D eigenvalue weighted by molar-refractivity contribution is 5.95. The van der Waals surface area contributed by atoms with Crippen LogP contribution < -0.4 is 5.32 Å². The molecule has 1 aromatic heterocycles. The second-order valence-electron chi connectivity index (χ2n) is 5.43. The fraction of sp³-hybridized carbons (Fsp3) is 0.353. The molecule has 0 unspecified atom stereocenters. The first kappa shape index (κ1) is 17.7. The Morgan fingerprint density at radius 1 is 1.29 bits per heavy atom. The third-order valence-corrected chi connectivity index (χ3v) is 3.55. The van der Waals surface area contributed by atoms with Crippen LogP contribution in [-0.4, -0.2) is 23.1 Å². The van der Waals surface area contributed by atoms with Crippen LogP contribution in [-0.2, 0) is 20.7 Å². The summed E-state index contributed by atoms with van der Waals surface area (Å²) in [5.41, 5.74) is 2.04. The fourth-order valence-corrected chi connectivity index (χ4v) is 2.17. The zero-order valence-electron chi connectivity index (χ0n) is 13.8. The average Bonchev–Trinajstić information content (AvgIpc) is 2.86. The monoisotopic (exact) mass is 334 g/mol. The lowest BCUT2D eigenvalue weighted by Crippen LogP contribution is -2.30. The predicted octanol–water partition coefficient (Wildman–Crippen LogP) is 2.93. The van der Waals surface area contributed by atoms with Crippen LogP contribution in [0.25, 0.3) is 0 Å². The molecule has 0 aliphatic heterocycles. The Morgan fingerprint density at radius 3 is 2.54 bits per heavy atom. The highest BCUT2D eigenvalue weighted by Gasteiger charge is 2.19. The van der Waals surface area contributed by atoms with Crippen molar-refractivity contribution in [1.29, 1.82) is 0 Å². The standard InChI is InChI=1S/C17H19FN2O4/c1-10-15(11(2)24-20-10)8-9-16(21)23-12(3)17(22)19-14-6-4-13(18)5-7-14/h4-7,12H,8-9H2,1-3H3,(H,19,22)/t12-/m1/s1. The number of hydrogen-bond acceptors (Lipinski definition) is 5. The minimum absolute atomic E-state index is 0.122. The molecule has 1 heterocycles. The highest BCUT2D eigenvalue weighted by Crippen LogP contribution is 2.15. The van der Waals surface area contributed by atoms with Crippen LogP contribution in [0.2, 0.25) is 0 Å². The summed E-state index contributed by atoms with van der Waals surface area (Å²) in [5.74, 6) is -0.696. The lowest BCUT2D eigenvalue weighted by Gasteiger charge is -2.13. The SMILES string of the molecule is Cc1noc(C)c1CCC(=O)O[C@H](C)C(=O)Nc1ccc(F)cc1. The summed E-state index contributed by atoms with van der Waals surface area (Å²) in [7, 11) is 0. The van der Waals surface area contributed by atoms with E-state index in [0.29, 0.717) is 17.9 Å². The Balaban J connectivity index is 1.82. The van der Waals surface area contributed by atoms with E-state index in [1.165, 1.54) is 31.2 Å². The first-order valence-electron chi connectivity index (χ1n) is 7.54. The van der Waals surface area contributed by atoms with E-state index < -0.39 is 23.8 Å². The average molecular weight is 334 g/mol. The number of carbonyl (C=O) groups is 2. The zero-order chi connectivity index (χ0) is 17.7. The van der Waals surface area contributed by atoms with Crippen LogP contribution in [0.15, 0.2) is 28.8 Å². The van der Waals surface area contributed by atoms with E-state index >= 15 is 0 Å². The Hall–Kier alpha value is -2.70. The largest absolute Gasteiger partial charge is 0.453 e. The molecule has 6 nitrogen and oxygen atoms in total. The van der Waals surface area contributed by atoms with Crippen LogP contribution in [0, 0.1) is 19.7 Å². The molecule has 0 radical (unpaired) electrons. The van der Waals surface area contributed by atoms with Gasteiger partial charge < -0.3 is 14.6 Å². The van der Waals surface area contributed by atoms with Gasteiger partial charge in [-0.25, -0.2) is 4.39 Å². The molecule has 1 atom stereocenters. The second-order valence-corrected chi connectivity index (χ2v) is 5.43. The van der Waals surface area contributed by atoms with Crippen molar-refractivity contribution in [2.24, 2.45) is 0 Å². The number of nitrogens with one attached hydrogen (secondary N) is 1. The van der Waals surface area contributed by atoms with Gasteiger partial charge in [-0.05, 0) is 51.5 Å². The van der Waals surface area contributed by atoms with E-state index in [4.69, 9.17) is 9.26 Å². The number of benzene rings is 1. The van der Waals surface area contributed by atoms with Crippen LogP contribution in [0.4, 0.5) is 10.1 Å². The van der Waals surface area contributed by atoms with Gasteiger partial charge in [-0.1, -0.05) is 5.16 Å². The van der Waals surface area contributed by atoms with Gasteiger partial charge >= 0.3 is 5.97 Å². The molecule has 24 heavy (non-hydrogen) atoms. The molecule has 7 heteroatoms. The van der Waals surface area contributed by atoms with E-state index in [2.05, 4.69) is 10.5 Å². The van der Waals surface area contributed by atoms with Crippen molar-refractivity contribution < 1.29 is 23.2 Å². The number of ether oxygens (including phenoxy) is 1. The molecule has 128 valence electrons. The fourth-order valence-electron chi connectivity index (χ4n) is 2.17. The number of hydrogen-bond donors (Lipinski definition) is 1. The van der Waals surface area contributed by atoms with Crippen molar-refractivity contribution >= 4 is 17.6 Å². The Kier molecular flexibility index (Phi) is 5.68. The second kappa shape index (κ2) is 7.72. The van der Waals surface area contributed by atoms with Crippen molar-refractivity contribution in [2.75, 3.05) is 5.32 Å². The molecule has 0 spiro atoms. The first-order valence-corrected chi connectivity index (χ1v) is 7.54. The van der Waals surface area contributed by atoms with Gasteiger partial charge in [-0.2, -0.15) is 0 Å². The van der Waals surface area contributed by atoms with Crippen LogP contribution in [0.1, 0.15) is 30.4 Å². The van der Waals surface area contributed by atoms with Gasteiger partial charge in [0.2, 0.25) is 0 Å². The first-order chi connectivity index (χ1) is 11.4. The summed E-state index contributed by atoms with van der Waals surface area (Å²) in [5, 5.41) is 6.37. The van der Waals surface area contributed by atoms with Crippen LogP contribution >= 0.6 is 0 Å². The van der Waals surface area contributed by atoms with E-state index in [1.807, 2.05) is 0 Å². The third-order valence-electron chi connectivity index (χ3n) is 3.55. The van der Waals surface area contributed by atoms with E-state index in [0.717, 1.165) is 11.3 Å². The van der Waals surface area contributed by atoms with E-state index in [9.17, 15) is 14.0 Å². The summed E-state index contributed by atoms with van der Waals surface area (Å²) in [6.07, 6.45) is -0.393. The topological polar surface area (TPSA) is 81.4 Å². The van der Waals surface area contributed by atoms with Gasteiger partial charge in [0.1, 0.15) is 11.6 Å². The molecule has 2 rings (SSSR count). The number of aryl methyl sites for hydroxylation is 2. The van der Waals surface area contributed by atoms with Gasteiger partial charge in [-0.15, -0.1) is 0 Å². The molecule has 1 N–H and O–H groups in total. The number of rotatable bonds is 6. The maximum absolute atomic E-state index is 12.8. The minimum Gasteiger partial charge on any atom is -0.453 e. The highest BCUT2D eigenvalue weighted by atomic mass is 19.1. The molecule has 1 aromatic carbocycles. The number of esters is 1. The summed E-state index contributed by atoms with van der Waals surface area (Å²) < 4.78 is 23.0. The molecule has 1 amide bonds. The molecule has 0 aliphatic rings. The minimum atomic E-state index is -0.952. The van der Waals surface area contributed by atoms with Gasteiger partial charge in [-0.3, -0.25) is 9.59 Å². The molecule has 0 bridgehead atoms. The summed E-state index contributed by atoms with van der Waals surface area (Å²) in [6, 6.07) is 5.32. The van der Waals surface area contributed by atoms with E-state index in [1.54, 1.807) is 13.8 Å². The third kappa shape index (κ3) is 4.65. The maximum atomic E-state index is 12.8. The van der Waals surface area contributed by atoms with Gasteiger partial charge in [0.15, 0.2) is 6.10 Å². The van der Waals surface area contributed by atoms with Crippen molar-refractivity contribution in [3.63, 3.8) is 0 Å². The van der Waals surface area contributed by atoms with Crippen molar-refractivity contribution in [1.82, 2.24) is 5.16 Å². The van der Waals surface area contributed by atoms with Crippen molar-refractivity contribution in [3.8, 4) is 0 Å².